The zero-order valence-electron chi connectivity index (χ0n) is 26.0. The zero-order chi connectivity index (χ0) is 32.0. The van der Waals surface area contributed by atoms with Gasteiger partial charge in [0.1, 0.15) is 5.82 Å². The summed E-state index contributed by atoms with van der Waals surface area (Å²) in [7, 11) is 1.58. The lowest BCUT2D eigenvalue weighted by molar-refractivity contribution is 0.0569. The molecule has 1 fully saturated rings. The number of rotatable bonds is 5. The van der Waals surface area contributed by atoms with Crippen LogP contribution in [0.25, 0.3) is 23.3 Å². The Labute approximate surface area is 259 Å². The van der Waals surface area contributed by atoms with E-state index in [0.29, 0.717) is 48.8 Å². The van der Waals surface area contributed by atoms with Crippen molar-refractivity contribution < 1.29 is 9.59 Å². The smallest absolute Gasteiger partial charge is 0.332 e. The summed E-state index contributed by atoms with van der Waals surface area (Å²) in [5.41, 5.74) is 0.973. The fraction of sp³-hybridized carbons (Fsp3) is 0.364. The van der Waals surface area contributed by atoms with Gasteiger partial charge in [0.2, 0.25) is 5.95 Å². The van der Waals surface area contributed by atoms with Gasteiger partial charge in [-0.15, -0.1) is 5.92 Å². The average Bonchev–Trinajstić information content (AvgIpc) is 3.55. The molecule has 45 heavy (non-hydrogen) atoms. The number of hydrogen-bond donors (Lipinski definition) is 0. The van der Waals surface area contributed by atoms with E-state index < -0.39 is 11.2 Å². The van der Waals surface area contributed by atoms with E-state index in [1.54, 1.807) is 42.8 Å². The number of hydrogen-bond acceptors (Lipinski definition) is 8. The molecule has 5 heterocycles. The van der Waals surface area contributed by atoms with Crippen molar-refractivity contribution in [1.29, 1.82) is 0 Å². The minimum absolute atomic E-state index is 0.112. The maximum atomic E-state index is 14.1. The molecular weight excluding hydrogens is 572 g/mol. The van der Waals surface area contributed by atoms with Crippen molar-refractivity contribution in [2.24, 2.45) is 7.05 Å². The molecule has 0 radical (unpaired) electrons. The predicted molar refractivity (Wildman–Crippen MR) is 170 cm³/mol. The van der Waals surface area contributed by atoms with Crippen LogP contribution in [0.3, 0.4) is 0 Å². The van der Waals surface area contributed by atoms with Crippen LogP contribution in [0.4, 0.5) is 5.95 Å². The highest BCUT2D eigenvalue weighted by Gasteiger charge is 2.41. The third-order valence-corrected chi connectivity index (χ3v) is 8.57. The second kappa shape index (κ2) is 11.6. The summed E-state index contributed by atoms with van der Waals surface area (Å²) in [6, 6.07) is 6.47. The maximum absolute atomic E-state index is 14.1. The van der Waals surface area contributed by atoms with Crippen molar-refractivity contribution in [1.82, 2.24) is 33.6 Å². The van der Waals surface area contributed by atoms with Gasteiger partial charge in [-0.05, 0) is 52.7 Å². The monoisotopic (exact) mass is 606 g/mol. The molecule has 0 aliphatic carbocycles. The lowest BCUT2D eigenvalue weighted by Crippen LogP contribution is -2.50. The third-order valence-electron chi connectivity index (χ3n) is 8.57. The van der Waals surface area contributed by atoms with Crippen LogP contribution >= 0.6 is 0 Å². The first-order valence-electron chi connectivity index (χ1n) is 15.0. The quantitative estimate of drug-likeness (QED) is 0.243. The number of fused-ring (bicyclic) bond motifs is 2. The van der Waals surface area contributed by atoms with Gasteiger partial charge in [-0.3, -0.25) is 33.0 Å². The van der Waals surface area contributed by atoms with E-state index in [9.17, 15) is 19.2 Å². The van der Waals surface area contributed by atoms with Gasteiger partial charge in [-0.2, -0.15) is 4.98 Å². The van der Waals surface area contributed by atoms with Gasteiger partial charge < -0.3 is 4.90 Å². The summed E-state index contributed by atoms with van der Waals surface area (Å²) in [5, 5.41) is 1.63. The molecule has 0 N–H and O–H groups in total. The molecule has 1 unspecified atom stereocenters. The minimum Gasteiger partial charge on any atom is -0.340 e. The summed E-state index contributed by atoms with van der Waals surface area (Å²) < 4.78 is 4.21. The molecule has 4 aromatic rings. The van der Waals surface area contributed by atoms with Crippen molar-refractivity contribution in [3.8, 4) is 11.8 Å². The predicted octanol–water partition coefficient (Wildman–Crippen LogP) is 0.933. The number of amides is 2. The summed E-state index contributed by atoms with van der Waals surface area (Å²) in [4.78, 5) is 71.5. The van der Waals surface area contributed by atoms with Crippen LogP contribution in [0.2, 0.25) is 0 Å². The van der Waals surface area contributed by atoms with E-state index in [-0.39, 0.29) is 42.1 Å². The van der Waals surface area contributed by atoms with E-state index in [2.05, 4.69) is 21.8 Å². The topological polar surface area (TPSA) is 128 Å². The van der Waals surface area contributed by atoms with Gasteiger partial charge in [0.25, 0.3) is 17.4 Å². The average molecular weight is 607 g/mol. The van der Waals surface area contributed by atoms with Crippen LogP contribution in [-0.4, -0.2) is 64.5 Å². The Morgan fingerprint density at radius 3 is 2.33 bits per heavy atom. The third kappa shape index (κ3) is 4.84. The molecule has 2 aliphatic heterocycles. The Morgan fingerprint density at radius 1 is 0.978 bits per heavy atom. The molecule has 2 amide bonds. The Bertz CT molecular complexity index is 2160. The van der Waals surface area contributed by atoms with E-state index in [1.165, 1.54) is 9.47 Å². The van der Waals surface area contributed by atoms with Crippen molar-refractivity contribution in [3.63, 3.8) is 0 Å². The van der Waals surface area contributed by atoms with Crippen molar-refractivity contribution in [2.75, 3.05) is 18.0 Å². The largest absolute Gasteiger partial charge is 0.340 e. The van der Waals surface area contributed by atoms with Gasteiger partial charge in [-0.25, -0.2) is 14.8 Å². The molecular formula is C33H34N8O4. The molecule has 1 atom stereocenters. The molecule has 12 heteroatoms. The lowest BCUT2D eigenvalue weighted by Gasteiger charge is -2.37. The number of aryl methyl sites for hydroxylation is 2. The Hall–Kier alpha value is -5.31. The summed E-state index contributed by atoms with van der Waals surface area (Å²) >= 11 is 0. The highest BCUT2D eigenvalue weighted by molar-refractivity contribution is 6.21. The number of nitrogens with zero attached hydrogens (tertiary/aromatic N) is 8. The lowest BCUT2D eigenvalue weighted by atomic mass is 10.0. The molecule has 6 rings (SSSR count). The second-order valence-corrected chi connectivity index (χ2v) is 11.2. The van der Waals surface area contributed by atoms with Crippen LogP contribution in [0.15, 0.2) is 33.9 Å². The Balaban J connectivity index is 1.43. The summed E-state index contributed by atoms with van der Waals surface area (Å²) in [6.07, 6.45) is 5.15. The molecule has 1 aromatic carbocycles. The number of carbonyl (C=O) groups excluding carboxylic acids is 2. The highest BCUT2D eigenvalue weighted by Crippen LogP contribution is 2.30. The minimum atomic E-state index is -0.540. The zero-order valence-corrected chi connectivity index (χ0v) is 26.0. The molecule has 12 nitrogen and oxygen atoms in total. The summed E-state index contributed by atoms with van der Waals surface area (Å²) in [5.74, 6) is 6.13. The SMILES string of the molecule is CC#CCn1c(N2CCCC(N3C(=O)c4ccccc4C3=O)C2)nc2c1c(=O)n(Cc1nc(C)c(=CC)c(=CC)n1)c(=O)n2C. The number of anilines is 1. The van der Waals surface area contributed by atoms with E-state index in [4.69, 9.17) is 4.98 Å². The van der Waals surface area contributed by atoms with Crippen molar-refractivity contribution >= 4 is 41.1 Å². The van der Waals surface area contributed by atoms with Crippen LogP contribution in [0, 0.1) is 18.8 Å². The van der Waals surface area contributed by atoms with Gasteiger partial charge in [0.05, 0.1) is 35.6 Å². The molecule has 0 saturated carbocycles. The van der Waals surface area contributed by atoms with Crippen molar-refractivity contribution in [2.45, 2.75) is 59.7 Å². The number of piperidine rings is 1. The van der Waals surface area contributed by atoms with Gasteiger partial charge in [0, 0.05) is 31.0 Å². The maximum Gasteiger partial charge on any atom is 0.332 e. The fourth-order valence-electron chi connectivity index (χ4n) is 6.39. The van der Waals surface area contributed by atoms with E-state index >= 15 is 0 Å². The number of imidazole rings is 1. The second-order valence-electron chi connectivity index (χ2n) is 11.2. The van der Waals surface area contributed by atoms with E-state index in [1.807, 2.05) is 37.8 Å². The molecule has 230 valence electrons. The molecule has 0 bridgehead atoms. The Kier molecular flexibility index (Phi) is 7.70. The van der Waals surface area contributed by atoms with Crippen LogP contribution in [0.5, 0.6) is 0 Å². The van der Waals surface area contributed by atoms with Gasteiger partial charge in [-0.1, -0.05) is 30.2 Å². The van der Waals surface area contributed by atoms with Crippen LogP contribution in [-0.2, 0) is 20.1 Å². The summed E-state index contributed by atoms with van der Waals surface area (Å²) in [6.45, 7) is 8.35. The first kappa shape index (κ1) is 29.7. The van der Waals surface area contributed by atoms with E-state index in [0.717, 1.165) is 20.8 Å². The first-order valence-corrected chi connectivity index (χ1v) is 15.0. The standard InChI is InChI=1S/C33H34N8O4/c1-6-9-17-39-27-28(37(5)33(45)40(31(27)44)19-26-34-20(4)22(7-2)25(8-3)35-26)36-32(39)38-16-12-13-21(18-38)41-29(42)23-14-10-11-15-24(23)30(41)43/h7-8,10-11,14-15,21H,12-13,16-19H2,1-5H3. The van der Waals surface area contributed by atoms with Crippen molar-refractivity contribution in [3.05, 3.63) is 78.3 Å². The Morgan fingerprint density at radius 2 is 1.69 bits per heavy atom. The molecule has 2 aliphatic rings. The van der Waals surface area contributed by atoms with Crippen LogP contribution in [0.1, 0.15) is 65.8 Å². The molecule has 0 spiro atoms. The molecule has 1 saturated heterocycles. The van der Waals surface area contributed by atoms with Gasteiger partial charge in [0.15, 0.2) is 11.2 Å². The normalized spacial score (nSPS) is 17.3. The fourth-order valence-corrected chi connectivity index (χ4v) is 6.39. The molecule has 3 aromatic heterocycles. The number of aromatic nitrogens is 6. The highest BCUT2D eigenvalue weighted by atomic mass is 16.2. The van der Waals surface area contributed by atoms with Crippen LogP contribution < -0.4 is 26.7 Å². The van der Waals surface area contributed by atoms with Gasteiger partial charge >= 0.3 is 5.69 Å². The number of imide groups is 1. The number of carbonyl (C=O) groups is 2. The first-order chi connectivity index (χ1) is 21.7. The number of benzene rings is 1.